The Balaban J connectivity index is 0.000000299. The third kappa shape index (κ3) is 7.59. The number of azide groups is 1. The number of carbonyl (C=O) groups excluding carboxylic acids is 2. The van der Waals surface area contributed by atoms with Crippen LogP contribution in [0.2, 0.25) is 0 Å². The second kappa shape index (κ2) is 14.3. The SMILES string of the molecule is Cc1sc(C)c2c1CCC(I)C(=O)N2.Cc1sc(C)c2c1CCC(N=[N+]=[N-])C(=O)N2.[N-]=[N+]=[N-].[Na+]. The van der Waals surface area contributed by atoms with Crippen LogP contribution >= 0.6 is 45.3 Å². The smallest absolute Gasteiger partial charge is 0.373 e. The van der Waals surface area contributed by atoms with Crippen LogP contribution in [0, 0.1) is 27.7 Å². The first kappa shape index (κ1) is 30.7. The summed E-state index contributed by atoms with van der Waals surface area (Å²) >= 11 is 5.69. The Labute approximate surface area is 241 Å². The third-order valence-electron chi connectivity index (χ3n) is 5.36. The molecule has 34 heavy (non-hydrogen) atoms. The number of hydrogen-bond acceptors (Lipinski definition) is 5. The average Bonchev–Trinajstić information content (AvgIpc) is 3.01. The van der Waals surface area contributed by atoms with Crippen LogP contribution < -0.4 is 40.2 Å². The van der Waals surface area contributed by atoms with Crippen molar-refractivity contribution in [1.82, 2.24) is 0 Å². The van der Waals surface area contributed by atoms with E-state index in [4.69, 9.17) is 16.6 Å². The van der Waals surface area contributed by atoms with Gasteiger partial charge >= 0.3 is 29.6 Å². The molecule has 0 fully saturated rings. The number of carbonyl (C=O) groups is 2. The van der Waals surface area contributed by atoms with Crippen molar-refractivity contribution in [1.29, 1.82) is 0 Å². The van der Waals surface area contributed by atoms with E-state index in [9.17, 15) is 9.59 Å². The molecule has 2 aliphatic rings. The van der Waals surface area contributed by atoms with E-state index in [2.05, 4.69) is 64.0 Å². The topological polar surface area (TPSA) is 166 Å². The molecule has 2 aliphatic heterocycles. The maximum atomic E-state index is 11.8. The van der Waals surface area contributed by atoms with Crippen LogP contribution in [0.25, 0.3) is 26.4 Å². The summed E-state index contributed by atoms with van der Waals surface area (Å²) in [5, 5.41) is 9.40. The number of halogens is 1. The Morgan fingerprint density at radius 1 is 0.853 bits per heavy atom. The summed E-state index contributed by atoms with van der Waals surface area (Å²) in [5.41, 5.74) is 26.4. The predicted molar refractivity (Wildman–Crippen MR) is 142 cm³/mol. The number of nitrogens with one attached hydrogen (secondary N) is 2. The van der Waals surface area contributed by atoms with Gasteiger partial charge in [0, 0.05) is 24.4 Å². The van der Waals surface area contributed by atoms with Gasteiger partial charge in [0.2, 0.25) is 11.8 Å². The summed E-state index contributed by atoms with van der Waals surface area (Å²) in [7, 11) is 0. The van der Waals surface area contributed by atoms with Crippen molar-refractivity contribution in [3.63, 3.8) is 0 Å². The Kier molecular flexibility index (Phi) is 12.9. The van der Waals surface area contributed by atoms with Crippen LogP contribution in [0.15, 0.2) is 5.11 Å². The third-order valence-corrected chi connectivity index (χ3v) is 8.67. The van der Waals surface area contributed by atoms with Gasteiger partial charge in [0.05, 0.1) is 15.3 Å². The summed E-state index contributed by atoms with van der Waals surface area (Å²) in [4.78, 5) is 32.5. The van der Waals surface area contributed by atoms with Gasteiger partial charge in [-0.3, -0.25) is 14.5 Å². The number of aryl methyl sites for hydroxylation is 4. The van der Waals surface area contributed by atoms with E-state index in [0.29, 0.717) is 6.42 Å². The van der Waals surface area contributed by atoms with Crippen molar-refractivity contribution >= 4 is 68.5 Å². The quantitative estimate of drug-likeness (QED) is 0.123. The van der Waals surface area contributed by atoms with Crippen molar-refractivity contribution < 1.29 is 39.1 Å². The van der Waals surface area contributed by atoms with Gasteiger partial charge in [-0.25, -0.2) is 0 Å². The van der Waals surface area contributed by atoms with E-state index in [1.165, 1.54) is 30.7 Å². The van der Waals surface area contributed by atoms with Crippen LogP contribution in [0.1, 0.15) is 43.5 Å². The van der Waals surface area contributed by atoms with E-state index < -0.39 is 6.04 Å². The molecule has 2 amide bonds. The minimum Gasteiger partial charge on any atom is -0.373 e. The molecule has 2 N–H and O–H groups in total. The fourth-order valence-electron chi connectivity index (χ4n) is 3.79. The van der Waals surface area contributed by atoms with Crippen LogP contribution in [-0.4, -0.2) is 21.8 Å². The Morgan fingerprint density at radius 3 is 1.76 bits per heavy atom. The number of nitrogens with zero attached hydrogens (tertiary/aromatic N) is 6. The first-order chi connectivity index (χ1) is 15.6. The molecule has 4 heterocycles. The van der Waals surface area contributed by atoms with Crippen LogP contribution in [-0.2, 0) is 22.4 Å². The predicted octanol–water partition coefficient (Wildman–Crippen LogP) is 3.85. The molecule has 176 valence electrons. The number of thiophene rings is 2. The van der Waals surface area contributed by atoms with Crippen LogP contribution in [0.5, 0.6) is 0 Å². The molecule has 0 saturated heterocycles. The largest absolute Gasteiger partial charge is 1.00 e. The summed E-state index contributed by atoms with van der Waals surface area (Å²) in [6, 6.07) is -0.582. The van der Waals surface area contributed by atoms with E-state index >= 15 is 0 Å². The summed E-state index contributed by atoms with van der Waals surface area (Å²) in [6.07, 6.45) is 3.35. The fourth-order valence-corrected chi connectivity index (χ4v) is 6.38. The van der Waals surface area contributed by atoms with Gasteiger partial charge in [-0.05, 0) is 70.0 Å². The normalized spacial score (nSPS) is 18.1. The molecule has 0 spiro atoms. The standard InChI is InChI=1S/C10H12INOS.C10H12N4OS.N3.Na/c1-5-7-3-4-8(11)10(13)12-9(7)6(2)14-5;1-5-7-3-4-8(13-14-11)10(15)12-9(7)6(2)16-5;1-3-2;/h8H,3-4H2,1-2H3,(H,12,13);8H,3-4H2,1-2H3,(H,12,15);;/q;;-1;+1. The van der Waals surface area contributed by atoms with Crippen molar-refractivity contribution in [3.05, 3.63) is 57.1 Å². The summed E-state index contributed by atoms with van der Waals surface area (Å²) < 4.78 is 0.115. The molecule has 2 aromatic heterocycles. The first-order valence-corrected chi connectivity index (χ1v) is 13.0. The number of amides is 2. The molecule has 14 heteroatoms. The molecule has 10 nitrogen and oxygen atoms in total. The number of anilines is 2. The minimum atomic E-state index is -0.582. The molecule has 2 unspecified atom stereocenters. The van der Waals surface area contributed by atoms with E-state index in [1.807, 2.05) is 6.92 Å². The Morgan fingerprint density at radius 2 is 1.29 bits per heavy atom. The average molecular weight is 622 g/mol. The molecule has 2 aromatic rings. The maximum absolute atomic E-state index is 11.8. The van der Waals surface area contributed by atoms with Crippen molar-refractivity contribution in [2.75, 3.05) is 10.6 Å². The first-order valence-electron chi connectivity index (χ1n) is 10.1. The van der Waals surface area contributed by atoms with E-state index in [1.54, 1.807) is 22.7 Å². The van der Waals surface area contributed by atoms with Crippen LogP contribution in [0.4, 0.5) is 11.4 Å². The number of fused-ring (bicyclic) bond motifs is 2. The molecule has 0 aliphatic carbocycles. The Hall–Kier alpha value is -1.31. The van der Waals surface area contributed by atoms with Gasteiger partial charge in [-0.2, -0.15) is 0 Å². The van der Waals surface area contributed by atoms with Crippen LogP contribution in [0.3, 0.4) is 0 Å². The molecular formula is C20H24IN8NaO2S2. The molecule has 4 rings (SSSR count). The second-order valence-electron chi connectivity index (χ2n) is 7.47. The molecule has 2 atom stereocenters. The van der Waals surface area contributed by atoms with E-state index in [-0.39, 0.29) is 45.3 Å². The van der Waals surface area contributed by atoms with Crippen molar-refractivity contribution in [2.24, 2.45) is 5.11 Å². The maximum Gasteiger partial charge on any atom is 1.00 e. The van der Waals surface area contributed by atoms with Gasteiger partial charge in [0.15, 0.2) is 0 Å². The van der Waals surface area contributed by atoms with Crippen molar-refractivity contribution in [2.45, 2.75) is 63.3 Å². The van der Waals surface area contributed by atoms with Gasteiger partial charge in [0.25, 0.3) is 0 Å². The van der Waals surface area contributed by atoms with E-state index in [0.717, 1.165) is 35.5 Å². The molecule has 0 saturated carbocycles. The van der Waals surface area contributed by atoms with Crippen molar-refractivity contribution in [3.8, 4) is 0 Å². The summed E-state index contributed by atoms with van der Waals surface area (Å²) in [6.45, 7) is 8.25. The zero-order valence-electron chi connectivity index (χ0n) is 19.7. The van der Waals surface area contributed by atoms with Gasteiger partial charge in [-0.15, -0.1) is 22.7 Å². The zero-order valence-corrected chi connectivity index (χ0v) is 25.5. The minimum absolute atomic E-state index is 0. The van der Waals surface area contributed by atoms with Gasteiger partial charge < -0.3 is 21.7 Å². The number of rotatable bonds is 1. The molecular weight excluding hydrogens is 598 g/mol. The summed E-state index contributed by atoms with van der Waals surface area (Å²) in [5.74, 6) is -0.0392. The van der Waals surface area contributed by atoms with Gasteiger partial charge in [-0.1, -0.05) is 27.7 Å². The molecule has 0 radical (unpaired) electrons. The molecule has 0 bridgehead atoms. The number of hydrogen-bond donors (Lipinski definition) is 2. The Bertz CT molecular complexity index is 1140. The zero-order chi connectivity index (χ0) is 24.7. The monoisotopic (exact) mass is 622 g/mol. The van der Waals surface area contributed by atoms with Gasteiger partial charge in [0.1, 0.15) is 6.04 Å². The number of alkyl halides is 1. The second-order valence-corrected chi connectivity index (χ2v) is 11.8. The fraction of sp³-hybridized carbons (Fsp3) is 0.500. The molecule has 0 aromatic carbocycles.